The van der Waals surface area contributed by atoms with Gasteiger partial charge in [0.2, 0.25) is 0 Å². The van der Waals surface area contributed by atoms with Gasteiger partial charge in [0.05, 0.1) is 19.0 Å². The van der Waals surface area contributed by atoms with E-state index in [0.29, 0.717) is 0 Å². The Morgan fingerprint density at radius 3 is 2.41 bits per heavy atom. The van der Waals surface area contributed by atoms with Crippen LogP contribution in [0.1, 0.15) is 39.0 Å². The minimum Gasteiger partial charge on any atom is -0.495 e. The van der Waals surface area contributed by atoms with Crippen molar-refractivity contribution in [3.8, 4) is 5.75 Å². The first-order valence-corrected chi connectivity index (χ1v) is 6.03. The van der Waals surface area contributed by atoms with Crippen LogP contribution in [0, 0.1) is 5.41 Å². The number of ether oxygens (including phenoxy) is 1. The van der Waals surface area contributed by atoms with Crippen molar-refractivity contribution >= 4 is 12.2 Å². The fraction of sp³-hybridized carbons (Fsp3) is 0.400. The average Bonchev–Trinajstić information content (AvgIpc) is 2.51. The quantitative estimate of drug-likeness (QED) is 0.723. The number of hydrogen-bond acceptors (Lipinski definition) is 2. The van der Waals surface area contributed by atoms with Gasteiger partial charge in [0.1, 0.15) is 5.75 Å². The molecule has 0 bridgehead atoms. The third-order valence-electron chi connectivity index (χ3n) is 2.52. The summed E-state index contributed by atoms with van der Waals surface area (Å²) in [6, 6.07) is 2.00. The SMILES string of the molecule is CC.COc1cnc2c(c1)C=CC(C)(C)C=C2. The summed E-state index contributed by atoms with van der Waals surface area (Å²) in [5.74, 6) is 0.798. The Balaban J connectivity index is 0.000000686. The van der Waals surface area contributed by atoms with Crippen LogP contribution in [0.4, 0.5) is 0 Å². The Hall–Kier alpha value is -1.57. The molecule has 0 saturated heterocycles. The van der Waals surface area contributed by atoms with Crippen molar-refractivity contribution in [1.82, 2.24) is 4.98 Å². The lowest BCUT2D eigenvalue weighted by molar-refractivity contribution is 0.412. The molecule has 1 aliphatic rings. The highest BCUT2D eigenvalue weighted by Crippen LogP contribution is 2.28. The van der Waals surface area contributed by atoms with E-state index in [1.807, 2.05) is 19.9 Å². The monoisotopic (exact) mass is 231 g/mol. The maximum absolute atomic E-state index is 5.15. The van der Waals surface area contributed by atoms with E-state index in [4.69, 9.17) is 4.74 Å². The van der Waals surface area contributed by atoms with Gasteiger partial charge in [0, 0.05) is 11.0 Å². The van der Waals surface area contributed by atoms with Crippen molar-refractivity contribution in [2.45, 2.75) is 27.7 Å². The molecule has 2 rings (SSSR count). The van der Waals surface area contributed by atoms with Crippen LogP contribution in [0.3, 0.4) is 0 Å². The summed E-state index contributed by atoms with van der Waals surface area (Å²) in [5, 5.41) is 0. The largest absolute Gasteiger partial charge is 0.495 e. The van der Waals surface area contributed by atoms with Crippen molar-refractivity contribution in [3.63, 3.8) is 0 Å². The lowest BCUT2D eigenvalue weighted by atomic mass is 9.93. The zero-order chi connectivity index (χ0) is 12.9. The molecule has 0 spiro atoms. The van der Waals surface area contributed by atoms with Gasteiger partial charge >= 0.3 is 0 Å². The molecule has 0 aliphatic heterocycles. The smallest absolute Gasteiger partial charge is 0.137 e. The summed E-state index contributed by atoms with van der Waals surface area (Å²) in [6.07, 6.45) is 10.3. The molecule has 0 saturated carbocycles. The summed E-state index contributed by atoms with van der Waals surface area (Å²) in [5.41, 5.74) is 2.20. The zero-order valence-corrected chi connectivity index (χ0v) is 11.3. The van der Waals surface area contributed by atoms with Crippen LogP contribution in [0.15, 0.2) is 24.4 Å². The molecular formula is C15H21NO. The van der Waals surface area contributed by atoms with Gasteiger partial charge < -0.3 is 4.74 Å². The fourth-order valence-corrected chi connectivity index (χ4v) is 1.51. The number of rotatable bonds is 1. The summed E-state index contributed by atoms with van der Waals surface area (Å²) < 4.78 is 5.15. The van der Waals surface area contributed by atoms with Crippen LogP contribution in [0.2, 0.25) is 0 Å². The molecule has 0 radical (unpaired) electrons. The van der Waals surface area contributed by atoms with Gasteiger partial charge in [-0.1, -0.05) is 45.9 Å². The Labute approximate surface area is 104 Å². The maximum Gasteiger partial charge on any atom is 0.137 e. The maximum atomic E-state index is 5.15. The van der Waals surface area contributed by atoms with Crippen LogP contribution < -0.4 is 4.74 Å². The predicted octanol–water partition coefficient (Wildman–Crippen LogP) is 4.18. The number of nitrogens with zero attached hydrogens (tertiary/aromatic N) is 1. The number of aromatic nitrogens is 1. The summed E-state index contributed by atoms with van der Waals surface area (Å²) in [7, 11) is 1.66. The Kier molecular flexibility index (Phi) is 4.50. The first kappa shape index (κ1) is 13.5. The molecule has 1 aliphatic carbocycles. The average molecular weight is 231 g/mol. The fourth-order valence-electron chi connectivity index (χ4n) is 1.51. The molecule has 17 heavy (non-hydrogen) atoms. The van der Waals surface area contributed by atoms with E-state index in [9.17, 15) is 0 Å². The van der Waals surface area contributed by atoms with Crippen LogP contribution in [0.5, 0.6) is 5.75 Å². The third-order valence-corrected chi connectivity index (χ3v) is 2.52. The van der Waals surface area contributed by atoms with E-state index >= 15 is 0 Å². The molecule has 0 fully saturated rings. The van der Waals surface area contributed by atoms with Crippen molar-refractivity contribution in [2.24, 2.45) is 5.41 Å². The van der Waals surface area contributed by atoms with E-state index in [1.165, 1.54) is 0 Å². The molecule has 0 atom stereocenters. The molecule has 1 aromatic rings. The molecule has 0 unspecified atom stereocenters. The number of allylic oxidation sites excluding steroid dienone is 2. The second-order valence-electron chi connectivity index (χ2n) is 4.34. The molecule has 2 heteroatoms. The minimum absolute atomic E-state index is 0.0912. The normalized spacial score (nSPS) is 15.4. The topological polar surface area (TPSA) is 22.1 Å². The van der Waals surface area contributed by atoms with Crippen molar-refractivity contribution < 1.29 is 4.74 Å². The van der Waals surface area contributed by atoms with E-state index in [1.54, 1.807) is 13.3 Å². The van der Waals surface area contributed by atoms with E-state index < -0.39 is 0 Å². The highest BCUT2D eigenvalue weighted by molar-refractivity contribution is 5.67. The Morgan fingerprint density at radius 2 is 1.76 bits per heavy atom. The number of pyridine rings is 1. The highest BCUT2D eigenvalue weighted by atomic mass is 16.5. The predicted molar refractivity (Wildman–Crippen MR) is 74.0 cm³/mol. The second-order valence-corrected chi connectivity index (χ2v) is 4.34. The standard InChI is InChI=1S/C13H15NO.C2H6/c1-13(2)6-4-10-8-11(15-3)9-14-12(10)5-7-13;1-2/h4-9H,1-3H3;1-2H3. The molecular weight excluding hydrogens is 210 g/mol. The van der Waals surface area contributed by atoms with E-state index in [0.717, 1.165) is 17.0 Å². The third kappa shape index (κ3) is 3.45. The highest BCUT2D eigenvalue weighted by Gasteiger charge is 2.13. The molecule has 92 valence electrons. The van der Waals surface area contributed by atoms with Crippen molar-refractivity contribution in [2.75, 3.05) is 7.11 Å². The Morgan fingerprint density at radius 1 is 1.12 bits per heavy atom. The van der Waals surface area contributed by atoms with Gasteiger partial charge in [-0.25, -0.2) is 0 Å². The Bertz CT molecular complexity index is 431. The lowest BCUT2D eigenvalue weighted by Gasteiger charge is -2.11. The van der Waals surface area contributed by atoms with Gasteiger partial charge in [-0.3, -0.25) is 4.98 Å². The molecule has 0 N–H and O–H groups in total. The first-order chi connectivity index (χ1) is 8.11. The minimum atomic E-state index is 0.0912. The molecule has 0 amide bonds. The zero-order valence-electron chi connectivity index (χ0n) is 11.3. The first-order valence-electron chi connectivity index (χ1n) is 6.03. The van der Waals surface area contributed by atoms with E-state index in [-0.39, 0.29) is 5.41 Å². The molecule has 2 nitrogen and oxygen atoms in total. The summed E-state index contributed by atoms with van der Waals surface area (Å²) >= 11 is 0. The number of methoxy groups -OCH3 is 1. The van der Waals surface area contributed by atoms with Gasteiger partial charge in [-0.15, -0.1) is 0 Å². The van der Waals surface area contributed by atoms with Gasteiger partial charge in [0.15, 0.2) is 0 Å². The molecule has 1 aromatic heterocycles. The van der Waals surface area contributed by atoms with Crippen LogP contribution in [0.25, 0.3) is 12.2 Å². The molecule has 0 aromatic carbocycles. The van der Waals surface area contributed by atoms with Crippen LogP contribution >= 0.6 is 0 Å². The molecule has 1 heterocycles. The number of hydrogen-bond donors (Lipinski definition) is 0. The van der Waals surface area contributed by atoms with Crippen LogP contribution in [-0.2, 0) is 0 Å². The van der Waals surface area contributed by atoms with Gasteiger partial charge in [0.25, 0.3) is 0 Å². The summed E-state index contributed by atoms with van der Waals surface area (Å²) in [6.45, 7) is 8.34. The van der Waals surface area contributed by atoms with Gasteiger partial charge in [-0.05, 0) is 12.1 Å². The second kappa shape index (κ2) is 5.67. The van der Waals surface area contributed by atoms with Crippen molar-refractivity contribution in [3.05, 3.63) is 35.7 Å². The van der Waals surface area contributed by atoms with E-state index in [2.05, 4.69) is 43.1 Å². The van der Waals surface area contributed by atoms with Crippen LogP contribution in [-0.4, -0.2) is 12.1 Å². The lowest BCUT2D eigenvalue weighted by Crippen LogP contribution is -1.99. The van der Waals surface area contributed by atoms with Crippen molar-refractivity contribution in [1.29, 1.82) is 0 Å². The van der Waals surface area contributed by atoms with Gasteiger partial charge in [-0.2, -0.15) is 0 Å². The summed E-state index contributed by atoms with van der Waals surface area (Å²) in [4.78, 5) is 4.35. The number of fused-ring (bicyclic) bond motifs is 1.